The summed E-state index contributed by atoms with van der Waals surface area (Å²) in [6, 6.07) is 8.00. The summed E-state index contributed by atoms with van der Waals surface area (Å²) in [5, 5.41) is 0.788. The van der Waals surface area contributed by atoms with Gasteiger partial charge in [-0.3, -0.25) is 0 Å². The molecule has 2 atom stereocenters. The van der Waals surface area contributed by atoms with Gasteiger partial charge in [0, 0.05) is 11.9 Å². The van der Waals surface area contributed by atoms with Crippen LogP contribution < -0.4 is 4.74 Å². The molecule has 0 bridgehead atoms. The van der Waals surface area contributed by atoms with Crippen LogP contribution in [0.2, 0.25) is 0 Å². The lowest BCUT2D eigenvalue weighted by Gasteiger charge is -2.20. The highest BCUT2D eigenvalue weighted by atomic mass is 79.9. The Hall–Kier alpha value is -0.580. The first-order valence-electron chi connectivity index (χ1n) is 5.76. The first-order valence-corrected chi connectivity index (χ1v) is 6.88. The van der Waals surface area contributed by atoms with Gasteiger partial charge in [0.1, 0.15) is 5.75 Å². The van der Waals surface area contributed by atoms with Crippen LogP contribution >= 0.6 is 15.9 Å². The fourth-order valence-corrected chi connectivity index (χ4v) is 2.40. The van der Waals surface area contributed by atoms with Gasteiger partial charge >= 0.3 is 0 Å². The second-order valence-corrected chi connectivity index (χ2v) is 4.69. The Labute approximate surface area is 110 Å². The van der Waals surface area contributed by atoms with Crippen molar-refractivity contribution >= 4 is 15.9 Å². The van der Waals surface area contributed by atoms with Crippen LogP contribution in [0.25, 0.3) is 0 Å². The van der Waals surface area contributed by atoms with Gasteiger partial charge in [0.05, 0.1) is 25.9 Å². The molecule has 0 saturated carbocycles. The molecule has 0 aromatic heterocycles. The fourth-order valence-electron chi connectivity index (χ4n) is 1.88. The first-order chi connectivity index (χ1) is 8.33. The van der Waals surface area contributed by atoms with Crippen molar-refractivity contribution in [2.75, 3.05) is 25.7 Å². The van der Waals surface area contributed by atoms with E-state index in [4.69, 9.17) is 14.2 Å². The third-order valence-electron chi connectivity index (χ3n) is 2.87. The summed E-state index contributed by atoms with van der Waals surface area (Å²) in [7, 11) is 1.67. The highest BCUT2D eigenvalue weighted by molar-refractivity contribution is 9.09. The molecule has 1 aliphatic heterocycles. The number of ether oxygens (including phenoxy) is 3. The SMILES string of the molecule is COc1ccc(C(CBr)OC2CCOC2)cc1. The molecule has 0 spiro atoms. The standard InChI is InChI=1S/C13H17BrO3/c1-15-11-4-2-10(3-5-11)13(8-14)17-12-6-7-16-9-12/h2-5,12-13H,6-9H2,1H3. The minimum Gasteiger partial charge on any atom is -0.497 e. The van der Waals surface area contributed by atoms with Crippen LogP contribution in [-0.4, -0.2) is 31.8 Å². The average Bonchev–Trinajstić information content (AvgIpc) is 2.89. The Morgan fingerprint density at radius 2 is 2.18 bits per heavy atom. The van der Waals surface area contributed by atoms with Crippen LogP contribution in [0.5, 0.6) is 5.75 Å². The van der Waals surface area contributed by atoms with E-state index in [2.05, 4.69) is 15.9 Å². The molecule has 0 amide bonds. The van der Waals surface area contributed by atoms with E-state index < -0.39 is 0 Å². The third kappa shape index (κ3) is 3.44. The van der Waals surface area contributed by atoms with Crippen molar-refractivity contribution < 1.29 is 14.2 Å². The van der Waals surface area contributed by atoms with Crippen molar-refractivity contribution in [1.29, 1.82) is 0 Å². The summed E-state index contributed by atoms with van der Waals surface area (Å²) in [6.45, 7) is 1.52. The van der Waals surface area contributed by atoms with Gasteiger partial charge in [0.25, 0.3) is 0 Å². The van der Waals surface area contributed by atoms with E-state index in [-0.39, 0.29) is 12.2 Å². The van der Waals surface area contributed by atoms with Crippen molar-refractivity contribution in [3.63, 3.8) is 0 Å². The zero-order chi connectivity index (χ0) is 12.1. The number of benzene rings is 1. The average molecular weight is 301 g/mol. The summed E-state index contributed by atoms with van der Waals surface area (Å²) in [4.78, 5) is 0. The Morgan fingerprint density at radius 1 is 1.41 bits per heavy atom. The summed E-state index contributed by atoms with van der Waals surface area (Å²) in [5.41, 5.74) is 1.16. The molecule has 2 rings (SSSR count). The van der Waals surface area contributed by atoms with E-state index in [0.717, 1.165) is 29.7 Å². The van der Waals surface area contributed by atoms with Gasteiger partial charge < -0.3 is 14.2 Å². The number of alkyl halides is 1. The number of hydrogen-bond acceptors (Lipinski definition) is 3. The van der Waals surface area contributed by atoms with Gasteiger partial charge in [-0.15, -0.1) is 0 Å². The molecular weight excluding hydrogens is 284 g/mol. The van der Waals surface area contributed by atoms with Crippen LogP contribution in [0.1, 0.15) is 18.1 Å². The number of rotatable bonds is 5. The summed E-state index contributed by atoms with van der Waals surface area (Å²) in [6.07, 6.45) is 1.28. The molecule has 1 saturated heterocycles. The van der Waals surface area contributed by atoms with Crippen LogP contribution in [0, 0.1) is 0 Å². The van der Waals surface area contributed by atoms with Crippen molar-refractivity contribution in [2.24, 2.45) is 0 Å². The monoisotopic (exact) mass is 300 g/mol. The van der Waals surface area contributed by atoms with Gasteiger partial charge in [-0.1, -0.05) is 28.1 Å². The Balaban J connectivity index is 2.00. The molecule has 1 aliphatic rings. The largest absolute Gasteiger partial charge is 0.497 e. The van der Waals surface area contributed by atoms with Gasteiger partial charge in [0.2, 0.25) is 0 Å². The molecule has 0 N–H and O–H groups in total. The Bertz CT molecular complexity index is 333. The molecule has 0 aliphatic carbocycles. The smallest absolute Gasteiger partial charge is 0.118 e. The maximum absolute atomic E-state index is 6.01. The van der Waals surface area contributed by atoms with Gasteiger partial charge in [-0.25, -0.2) is 0 Å². The van der Waals surface area contributed by atoms with Gasteiger partial charge in [-0.05, 0) is 24.1 Å². The van der Waals surface area contributed by atoms with E-state index in [1.165, 1.54) is 0 Å². The fraction of sp³-hybridized carbons (Fsp3) is 0.538. The van der Waals surface area contributed by atoms with Crippen LogP contribution in [-0.2, 0) is 9.47 Å². The van der Waals surface area contributed by atoms with Crippen LogP contribution in [0.15, 0.2) is 24.3 Å². The predicted octanol–water partition coefficient (Wildman–Crippen LogP) is 2.94. The quantitative estimate of drug-likeness (QED) is 0.783. The van der Waals surface area contributed by atoms with E-state index in [9.17, 15) is 0 Å². The van der Waals surface area contributed by atoms with Crippen LogP contribution in [0.3, 0.4) is 0 Å². The lowest BCUT2D eigenvalue weighted by Crippen LogP contribution is -2.17. The van der Waals surface area contributed by atoms with Gasteiger partial charge in [-0.2, -0.15) is 0 Å². The van der Waals surface area contributed by atoms with Gasteiger partial charge in [0.15, 0.2) is 0 Å². The first kappa shape index (κ1) is 12.9. The van der Waals surface area contributed by atoms with E-state index in [0.29, 0.717) is 6.61 Å². The van der Waals surface area contributed by atoms with Crippen LogP contribution in [0.4, 0.5) is 0 Å². The molecule has 0 radical (unpaired) electrons. The summed E-state index contributed by atoms with van der Waals surface area (Å²) >= 11 is 3.50. The topological polar surface area (TPSA) is 27.7 Å². The maximum atomic E-state index is 6.01. The normalized spacial score (nSPS) is 21.4. The lowest BCUT2D eigenvalue weighted by molar-refractivity contribution is -0.00467. The summed E-state index contributed by atoms with van der Waals surface area (Å²) < 4.78 is 16.5. The molecule has 1 heterocycles. The van der Waals surface area contributed by atoms with E-state index in [1.807, 2.05) is 24.3 Å². The molecule has 1 aromatic rings. The lowest BCUT2D eigenvalue weighted by atomic mass is 10.1. The second kappa shape index (κ2) is 6.38. The highest BCUT2D eigenvalue weighted by Gasteiger charge is 2.21. The Morgan fingerprint density at radius 3 is 2.71 bits per heavy atom. The predicted molar refractivity (Wildman–Crippen MR) is 69.8 cm³/mol. The second-order valence-electron chi connectivity index (χ2n) is 4.04. The van der Waals surface area contributed by atoms with E-state index >= 15 is 0 Å². The molecule has 2 unspecified atom stereocenters. The van der Waals surface area contributed by atoms with Crippen molar-refractivity contribution in [3.8, 4) is 5.75 Å². The minimum atomic E-state index is 0.0765. The molecular formula is C13H17BrO3. The maximum Gasteiger partial charge on any atom is 0.118 e. The van der Waals surface area contributed by atoms with Crippen molar-refractivity contribution in [1.82, 2.24) is 0 Å². The van der Waals surface area contributed by atoms with E-state index in [1.54, 1.807) is 7.11 Å². The zero-order valence-electron chi connectivity index (χ0n) is 9.90. The number of hydrogen-bond donors (Lipinski definition) is 0. The molecule has 94 valence electrons. The molecule has 1 aromatic carbocycles. The molecule has 3 nitrogen and oxygen atoms in total. The molecule has 4 heteroatoms. The summed E-state index contributed by atoms with van der Waals surface area (Å²) in [5.74, 6) is 0.867. The minimum absolute atomic E-state index is 0.0765. The Kier molecular flexibility index (Phi) is 4.83. The molecule has 1 fully saturated rings. The zero-order valence-corrected chi connectivity index (χ0v) is 11.5. The van der Waals surface area contributed by atoms with Crippen molar-refractivity contribution in [2.45, 2.75) is 18.6 Å². The number of methoxy groups -OCH3 is 1. The third-order valence-corrected chi connectivity index (χ3v) is 3.46. The molecule has 17 heavy (non-hydrogen) atoms. The highest BCUT2D eigenvalue weighted by Crippen LogP contribution is 2.25. The number of halogens is 1. The van der Waals surface area contributed by atoms with Crippen molar-refractivity contribution in [3.05, 3.63) is 29.8 Å².